The van der Waals surface area contributed by atoms with E-state index in [4.69, 9.17) is 22.7 Å². The molecule has 1 aliphatic heterocycles. The number of rotatable bonds is 3. The van der Waals surface area contributed by atoms with Crippen LogP contribution in [0.4, 0.5) is 0 Å². The summed E-state index contributed by atoms with van der Waals surface area (Å²) in [4.78, 5) is 2.97. The van der Waals surface area contributed by atoms with Gasteiger partial charge >= 0.3 is 0 Å². The maximum absolute atomic E-state index is 5.47. The van der Waals surface area contributed by atoms with E-state index in [1.54, 1.807) is 0 Å². The molecule has 4 heteroatoms. The van der Waals surface area contributed by atoms with Gasteiger partial charge in [0, 0.05) is 25.6 Å². The van der Waals surface area contributed by atoms with Crippen LogP contribution in [-0.4, -0.2) is 42.2 Å². The van der Waals surface area contributed by atoms with Crippen molar-refractivity contribution in [1.29, 1.82) is 0 Å². The summed E-state index contributed by atoms with van der Waals surface area (Å²) in [6.45, 7) is 5.83. The zero-order valence-electron chi connectivity index (χ0n) is 7.45. The maximum atomic E-state index is 5.47. The standard InChI is InChI=1S/C8H16N2OS/c1-7(6-8(9)12)10-2-4-11-5-3-10/h7H,2-6H2,1H3,(H2,9,12). The van der Waals surface area contributed by atoms with Gasteiger partial charge in [-0.2, -0.15) is 0 Å². The Hall–Kier alpha value is -0.190. The van der Waals surface area contributed by atoms with Crippen molar-refractivity contribution in [3.05, 3.63) is 0 Å². The molecule has 1 rings (SSSR count). The number of nitrogens with two attached hydrogens (primary N) is 1. The van der Waals surface area contributed by atoms with E-state index >= 15 is 0 Å². The van der Waals surface area contributed by atoms with Crippen molar-refractivity contribution >= 4 is 17.2 Å². The highest BCUT2D eigenvalue weighted by molar-refractivity contribution is 7.80. The fourth-order valence-electron chi connectivity index (χ4n) is 1.44. The van der Waals surface area contributed by atoms with Gasteiger partial charge in [0.25, 0.3) is 0 Å². The van der Waals surface area contributed by atoms with Crippen LogP contribution in [0.3, 0.4) is 0 Å². The Labute approximate surface area is 78.9 Å². The number of ether oxygens (including phenoxy) is 1. The molecule has 0 aliphatic carbocycles. The topological polar surface area (TPSA) is 38.5 Å². The average molecular weight is 188 g/mol. The van der Waals surface area contributed by atoms with E-state index in [1.165, 1.54) is 0 Å². The summed E-state index contributed by atoms with van der Waals surface area (Å²) < 4.78 is 5.25. The smallest absolute Gasteiger partial charge is 0.0742 e. The summed E-state index contributed by atoms with van der Waals surface area (Å²) in [6.07, 6.45) is 0.815. The molecular weight excluding hydrogens is 172 g/mol. The lowest BCUT2D eigenvalue weighted by atomic mass is 10.2. The minimum atomic E-state index is 0.464. The fraction of sp³-hybridized carbons (Fsp3) is 0.875. The highest BCUT2D eigenvalue weighted by Gasteiger charge is 2.16. The lowest BCUT2D eigenvalue weighted by Gasteiger charge is -2.31. The molecule has 12 heavy (non-hydrogen) atoms. The largest absolute Gasteiger partial charge is 0.393 e. The van der Waals surface area contributed by atoms with E-state index in [0.717, 1.165) is 32.7 Å². The molecule has 1 unspecified atom stereocenters. The van der Waals surface area contributed by atoms with Gasteiger partial charge in [0.15, 0.2) is 0 Å². The molecule has 2 N–H and O–H groups in total. The third kappa shape index (κ3) is 3.05. The molecule has 0 aromatic carbocycles. The van der Waals surface area contributed by atoms with Crippen molar-refractivity contribution in [2.45, 2.75) is 19.4 Å². The van der Waals surface area contributed by atoms with Crippen molar-refractivity contribution in [3.8, 4) is 0 Å². The molecule has 0 amide bonds. The average Bonchev–Trinajstić information content (AvgIpc) is 2.05. The predicted molar refractivity (Wildman–Crippen MR) is 53.3 cm³/mol. The molecule has 0 radical (unpaired) electrons. The fourth-order valence-corrected chi connectivity index (χ4v) is 1.68. The van der Waals surface area contributed by atoms with Crippen molar-refractivity contribution in [1.82, 2.24) is 4.90 Å². The Morgan fingerprint density at radius 2 is 2.17 bits per heavy atom. The number of nitrogens with zero attached hydrogens (tertiary/aromatic N) is 1. The molecule has 0 saturated carbocycles. The predicted octanol–water partition coefficient (Wildman–Crippen LogP) is 0.383. The van der Waals surface area contributed by atoms with Crippen LogP contribution in [0.1, 0.15) is 13.3 Å². The first-order chi connectivity index (χ1) is 5.70. The minimum absolute atomic E-state index is 0.464. The molecule has 0 bridgehead atoms. The Balaban J connectivity index is 2.29. The van der Waals surface area contributed by atoms with Crippen LogP contribution < -0.4 is 5.73 Å². The molecule has 0 aromatic heterocycles. The van der Waals surface area contributed by atoms with E-state index in [9.17, 15) is 0 Å². The van der Waals surface area contributed by atoms with Crippen molar-refractivity contribution in [3.63, 3.8) is 0 Å². The van der Waals surface area contributed by atoms with Crippen LogP contribution in [0.5, 0.6) is 0 Å². The molecule has 1 heterocycles. The van der Waals surface area contributed by atoms with Crippen LogP contribution in [-0.2, 0) is 4.74 Å². The van der Waals surface area contributed by atoms with Crippen LogP contribution in [0.25, 0.3) is 0 Å². The monoisotopic (exact) mass is 188 g/mol. The summed E-state index contributed by atoms with van der Waals surface area (Å²) >= 11 is 4.86. The molecule has 1 fully saturated rings. The Morgan fingerprint density at radius 3 is 2.67 bits per heavy atom. The second-order valence-corrected chi connectivity index (χ2v) is 3.69. The van der Waals surface area contributed by atoms with Crippen molar-refractivity contribution in [2.24, 2.45) is 5.73 Å². The van der Waals surface area contributed by atoms with E-state index in [1.807, 2.05) is 0 Å². The van der Waals surface area contributed by atoms with Gasteiger partial charge in [0.05, 0.1) is 18.2 Å². The zero-order valence-corrected chi connectivity index (χ0v) is 8.27. The van der Waals surface area contributed by atoms with Crippen molar-refractivity contribution < 1.29 is 4.74 Å². The summed E-state index contributed by atoms with van der Waals surface area (Å²) in [5.41, 5.74) is 5.47. The van der Waals surface area contributed by atoms with Crippen LogP contribution in [0, 0.1) is 0 Å². The van der Waals surface area contributed by atoms with Gasteiger partial charge in [0.1, 0.15) is 0 Å². The van der Waals surface area contributed by atoms with Gasteiger partial charge in [-0.15, -0.1) is 0 Å². The van der Waals surface area contributed by atoms with E-state index in [-0.39, 0.29) is 0 Å². The molecular formula is C8H16N2OS. The minimum Gasteiger partial charge on any atom is -0.393 e. The number of hydrogen-bond acceptors (Lipinski definition) is 3. The normalized spacial score (nSPS) is 22.1. The van der Waals surface area contributed by atoms with Crippen LogP contribution in [0.15, 0.2) is 0 Å². The van der Waals surface area contributed by atoms with Gasteiger partial charge in [-0.05, 0) is 6.92 Å². The maximum Gasteiger partial charge on any atom is 0.0742 e. The lowest BCUT2D eigenvalue weighted by Crippen LogP contribution is -2.43. The van der Waals surface area contributed by atoms with E-state index in [0.29, 0.717) is 11.0 Å². The second-order valence-electron chi connectivity index (χ2n) is 3.17. The first-order valence-corrected chi connectivity index (χ1v) is 4.71. The van der Waals surface area contributed by atoms with Crippen molar-refractivity contribution in [2.75, 3.05) is 26.3 Å². The molecule has 70 valence electrons. The summed E-state index contributed by atoms with van der Waals surface area (Å²) in [7, 11) is 0. The summed E-state index contributed by atoms with van der Waals surface area (Å²) in [5.74, 6) is 0. The molecule has 1 saturated heterocycles. The molecule has 0 spiro atoms. The Bertz CT molecular complexity index is 157. The first-order valence-electron chi connectivity index (χ1n) is 4.30. The number of morpholine rings is 1. The van der Waals surface area contributed by atoms with Crippen LogP contribution in [0.2, 0.25) is 0 Å². The first kappa shape index (κ1) is 9.89. The van der Waals surface area contributed by atoms with Gasteiger partial charge in [-0.25, -0.2) is 0 Å². The second kappa shape index (κ2) is 4.74. The molecule has 3 nitrogen and oxygen atoms in total. The summed E-state index contributed by atoms with van der Waals surface area (Å²) in [6, 6.07) is 0.464. The highest BCUT2D eigenvalue weighted by atomic mass is 32.1. The Kier molecular flexibility index (Phi) is 3.91. The molecule has 0 aromatic rings. The van der Waals surface area contributed by atoms with Gasteiger partial charge in [-0.1, -0.05) is 12.2 Å². The van der Waals surface area contributed by atoms with E-state index in [2.05, 4.69) is 11.8 Å². The van der Waals surface area contributed by atoms with Gasteiger partial charge in [0.2, 0.25) is 0 Å². The molecule has 1 aliphatic rings. The quantitative estimate of drug-likeness (QED) is 0.650. The van der Waals surface area contributed by atoms with Gasteiger partial charge < -0.3 is 10.5 Å². The lowest BCUT2D eigenvalue weighted by molar-refractivity contribution is 0.0217. The third-order valence-electron chi connectivity index (χ3n) is 2.17. The SMILES string of the molecule is CC(CC(N)=S)N1CCOCC1. The Morgan fingerprint density at radius 1 is 1.58 bits per heavy atom. The highest BCUT2D eigenvalue weighted by Crippen LogP contribution is 2.06. The third-order valence-corrected chi connectivity index (χ3v) is 2.33. The van der Waals surface area contributed by atoms with Crippen LogP contribution >= 0.6 is 12.2 Å². The van der Waals surface area contributed by atoms with E-state index < -0.39 is 0 Å². The van der Waals surface area contributed by atoms with Gasteiger partial charge in [-0.3, -0.25) is 4.90 Å². The number of hydrogen-bond donors (Lipinski definition) is 1. The number of thiocarbonyl (C=S) groups is 1. The molecule has 1 atom stereocenters. The zero-order chi connectivity index (χ0) is 8.97. The summed E-state index contributed by atoms with van der Waals surface area (Å²) in [5, 5.41) is 0.